The van der Waals surface area contributed by atoms with Crippen LogP contribution in [0, 0.1) is 12.8 Å². The molecule has 138 valence electrons. The molecule has 0 atom stereocenters. The van der Waals surface area contributed by atoms with Gasteiger partial charge in [0, 0.05) is 36.7 Å². The van der Waals surface area contributed by atoms with Gasteiger partial charge in [-0.25, -0.2) is 0 Å². The third kappa shape index (κ3) is 4.09. The standard InChI is InChI=1S/C19H24N4O3/c1-3-10-20-17(24)14-8-11-23(12-9-14)19(25)16-6-4-15(5-7-16)18-21-13(2)22-26-18/h4-7,14H,3,8-12H2,1-2H3,(H,20,24). The van der Waals surface area contributed by atoms with Crippen LogP contribution in [0.1, 0.15) is 42.4 Å². The van der Waals surface area contributed by atoms with E-state index >= 15 is 0 Å². The second kappa shape index (κ2) is 8.12. The Hall–Kier alpha value is -2.70. The smallest absolute Gasteiger partial charge is 0.257 e. The van der Waals surface area contributed by atoms with Crippen LogP contribution in [0.2, 0.25) is 0 Å². The summed E-state index contributed by atoms with van der Waals surface area (Å²) in [5.74, 6) is 1.13. The van der Waals surface area contributed by atoms with Gasteiger partial charge in [-0.15, -0.1) is 0 Å². The summed E-state index contributed by atoms with van der Waals surface area (Å²) in [4.78, 5) is 30.7. The Morgan fingerprint density at radius 3 is 2.50 bits per heavy atom. The Labute approximate surface area is 152 Å². The number of aromatic nitrogens is 2. The zero-order valence-electron chi connectivity index (χ0n) is 15.2. The van der Waals surface area contributed by atoms with E-state index in [-0.39, 0.29) is 17.7 Å². The van der Waals surface area contributed by atoms with Crippen LogP contribution in [0.5, 0.6) is 0 Å². The summed E-state index contributed by atoms with van der Waals surface area (Å²) in [6.45, 7) is 5.72. The van der Waals surface area contributed by atoms with Gasteiger partial charge >= 0.3 is 0 Å². The molecule has 0 radical (unpaired) electrons. The van der Waals surface area contributed by atoms with E-state index < -0.39 is 0 Å². The van der Waals surface area contributed by atoms with Crippen LogP contribution in [-0.2, 0) is 4.79 Å². The number of aryl methyl sites for hydroxylation is 1. The molecule has 0 saturated carbocycles. The molecule has 2 aromatic rings. The highest BCUT2D eigenvalue weighted by atomic mass is 16.5. The highest BCUT2D eigenvalue weighted by Gasteiger charge is 2.27. The fraction of sp³-hybridized carbons (Fsp3) is 0.474. The second-order valence-electron chi connectivity index (χ2n) is 6.58. The van der Waals surface area contributed by atoms with Gasteiger partial charge in [0.25, 0.3) is 11.8 Å². The minimum atomic E-state index is -0.00863. The largest absolute Gasteiger partial charge is 0.356 e. The number of nitrogens with one attached hydrogen (secondary N) is 1. The van der Waals surface area contributed by atoms with Crippen LogP contribution in [-0.4, -0.2) is 46.5 Å². The lowest BCUT2D eigenvalue weighted by molar-refractivity contribution is -0.126. The number of hydrogen-bond donors (Lipinski definition) is 1. The number of benzene rings is 1. The van der Waals surface area contributed by atoms with Crippen LogP contribution < -0.4 is 5.32 Å². The molecule has 3 rings (SSSR count). The van der Waals surface area contributed by atoms with Crippen molar-refractivity contribution in [3.8, 4) is 11.5 Å². The molecule has 2 amide bonds. The topological polar surface area (TPSA) is 88.3 Å². The zero-order valence-corrected chi connectivity index (χ0v) is 15.2. The van der Waals surface area contributed by atoms with Gasteiger partial charge in [-0.3, -0.25) is 9.59 Å². The molecule has 7 nitrogen and oxygen atoms in total. The van der Waals surface area contributed by atoms with E-state index in [1.165, 1.54) is 0 Å². The molecule has 0 spiro atoms. The molecule has 1 aliphatic rings. The minimum absolute atomic E-state index is 0.00809. The van der Waals surface area contributed by atoms with E-state index in [0.29, 0.717) is 49.8 Å². The first kappa shape index (κ1) is 18.1. The summed E-state index contributed by atoms with van der Waals surface area (Å²) in [6, 6.07) is 7.17. The fourth-order valence-corrected chi connectivity index (χ4v) is 3.09. The van der Waals surface area contributed by atoms with Crippen LogP contribution >= 0.6 is 0 Å². The van der Waals surface area contributed by atoms with Crippen molar-refractivity contribution in [1.29, 1.82) is 0 Å². The maximum Gasteiger partial charge on any atom is 0.257 e. The number of rotatable bonds is 5. The summed E-state index contributed by atoms with van der Waals surface area (Å²) in [7, 11) is 0. The number of carbonyl (C=O) groups is 2. The first-order valence-corrected chi connectivity index (χ1v) is 9.06. The lowest BCUT2D eigenvalue weighted by Crippen LogP contribution is -2.43. The highest BCUT2D eigenvalue weighted by molar-refractivity contribution is 5.94. The van der Waals surface area contributed by atoms with Gasteiger partial charge in [0.05, 0.1) is 0 Å². The van der Waals surface area contributed by atoms with Gasteiger partial charge in [-0.2, -0.15) is 4.98 Å². The molecule has 2 heterocycles. The van der Waals surface area contributed by atoms with Crippen LogP contribution in [0.4, 0.5) is 0 Å². The van der Waals surface area contributed by atoms with E-state index in [2.05, 4.69) is 15.5 Å². The highest BCUT2D eigenvalue weighted by Crippen LogP contribution is 2.21. The van der Waals surface area contributed by atoms with E-state index in [1.54, 1.807) is 19.1 Å². The maximum atomic E-state index is 12.7. The Kier molecular flexibility index (Phi) is 5.65. The molecule has 26 heavy (non-hydrogen) atoms. The van der Waals surface area contributed by atoms with Gasteiger partial charge in [-0.05, 0) is 50.5 Å². The molecule has 1 fully saturated rings. The summed E-state index contributed by atoms with van der Waals surface area (Å²) < 4.78 is 5.13. The number of carbonyl (C=O) groups excluding carboxylic acids is 2. The summed E-state index contributed by atoms with van der Waals surface area (Å²) in [6.07, 6.45) is 2.35. The molecule has 1 aliphatic heterocycles. The lowest BCUT2D eigenvalue weighted by atomic mass is 9.95. The molecular formula is C19H24N4O3. The van der Waals surface area contributed by atoms with Crippen molar-refractivity contribution >= 4 is 11.8 Å². The lowest BCUT2D eigenvalue weighted by Gasteiger charge is -2.31. The first-order chi connectivity index (χ1) is 12.6. The molecule has 1 aromatic carbocycles. The number of piperidine rings is 1. The molecular weight excluding hydrogens is 332 g/mol. The predicted molar refractivity (Wildman–Crippen MR) is 96.4 cm³/mol. The predicted octanol–water partition coefficient (Wildman–Crippen LogP) is 2.42. The minimum Gasteiger partial charge on any atom is -0.356 e. The van der Waals surface area contributed by atoms with Gasteiger partial charge in [-0.1, -0.05) is 12.1 Å². The van der Waals surface area contributed by atoms with Gasteiger partial charge in [0.15, 0.2) is 5.82 Å². The SMILES string of the molecule is CCCNC(=O)C1CCN(C(=O)c2ccc(-c3nc(C)no3)cc2)CC1. The molecule has 0 unspecified atom stereocenters. The van der Waals surface area contributed by atoms with Crippen LogP contribution in [0.3, 0.4) is 0 Å². The van der Waals surface area contributed by atoms with Crippen molar-refractivity contribution in [1.82, 2.24) is 20.4 Å². The molecule has 7 heteroatoms. The fourth-order valence-electron chi connectivity index (χ4n) is 3.09. The summed E-state index contributed by atoms with van der Waals surface area (Å²) in [5.41, 5.74) is 1.41. The van der Waals surface area contributed by atoms with Crippen molar-refractivity contribution in [2.24, 2.45) is 5.92 Å². The Bertz CT molecular complexity index is 761. The van der Waals surface area contributed by atoms with Crippen molar-refractivity contribution in [2.45, 2.75) is 33.1 Å². The zero-order chi connectivity index (χ0) is 18.5. The maximum absolute atomic E-state index is 12.7. The molecule has 1 saturated heterocycles. The Morgan fingerprint density at radius 1 is 1.23 bits per heavy atom. The number of hydrogen-bond acceptors (Lipinski definition) is 5. The van der Waals surface area contributed by atoms with E-state index in [1.807, 2.05) is 24.0 Å². The second-order valence-corrected chi connectivity index (χ2v) is 6.58. The summed E-state index contributed by atoms with van der Waals surface area (Å²) in [5, 5.41) is 6.71. The van der Waals surface area contributed by atoms with Crippen LogP contribution in [0.25, 0.3) is 11.5 Å². The summed E-state index contributed by atoms with van der Waals surface area (Å²) >= 11 is 0. The van der Waals surface area contributed by atoms with E-state index in [9.17, 15) is 9.59 Å². The van der Waals surface area contributed by atoms with Crippen LogP contribution in [0.15, 0.2) is 28.8 Å². The van der Waals surface area contributed by atoms with Gasteiger partial charge in [0.1, 0.15) is 0 Å². The number of likely N-dealkylation sites (tertiary alicyclic amines) is 1. The third-order valence-corrected chi connectivity index (χ3v) is 4.61. The normalized spacial score (nSPS) is 15.1. The third-order valence-electron chi connectivity index (χ3n) is 4.61. The first-order valence-electron chi connectivity index (χ1n) is 9.06. The average Bonchev–Trinajstić information content (AvgIpc) is 3.12. The number of amides is 2. The van der Waals surface area contributed by atoms with Gasteiger partial charge < -0.3 is 14.7 Å². The Balaban J connectivity index is 1.57. The monoisotopic (exact) mass is 356 g/mol. The van der Waals surface area contributed by atoms with Crippen molar-refractivity contribution in [2.75, 3.05) is 19.6 Å². The molecule has 0 aliphatic carbocycles. The number of nitrogens with zero attached hydrogens (tertiary/aromatic N) is 3. The Morgan fingerprint density at radius 2 is 1.92 bits per heavy atom. The van der Waals surface area contributed by atoms with Crippen molar-refractivity contribution in [3.05, 3.63) is 35.7 Å². The quantitative estimate of drug-likeness (QED) is 0.889. The van der Waals surface area contributed by atoms with Crippen molar-refractivity contribution < 1.29 is 14.1 Å². The molecule has 1 aromatic heterocycles. The molecule has 1 N–H and O–H groups in total. The average molecular weight is 356 g/mol. The van der Waals surface area contributed by atoms with E-state index in [0.717, 1.165) is 12.0 Å². The van der Waals surface area contributed by atoms with Gasteiger partial charge in [0.2, 0.25) is 5.91 Å². The van der Waals surface area contributed by atoms with Crippen molar-refractivity contribution in [3.63, 3.8) is 0 Å². The van der Waals surface area contributed by atoms with E-state index in [4.69, 9.17) is 4.52 Å². The molecule has 0 bridgehead atoms.